The fourth-order valence-corrected chi connectivity index (χ4v) is 3.60. The lowest BCUT2D eigenvalue weighted by Crippen LogP contribution is -2.48. The topological polar surface area (TPSA) is 74.5 Å². The number of aliphatic hydroxyl groups excluding tert-OH is 1. The van der Waals surface area contributed by atoms with Gasteiger partial charge in [-0.15, -0.1) is 0 Å². The van der Waals surface area contributed by atoms with Gasteiger partial charge in [-0.25, -0.2) is 8.78 Å². The summed E-state index contributed by atoms with van der Waals surface area (Å²) in [5.41, 5.74) is 2.99. The van der Waals surface area contributed by atoms with E-state index in [0.29, 0.717) is 23.4 Å². The van der Waals surface area contributed by atoms with Gasteiger partial charge >= 0.3 is 0 Å². The SMILES string of the molecule is CCc1cccc(CNC[C@@H](O)[C@H](Cc2cc(F)cc(F)c2)NC(=O)c2ccoc2C)c1. The van der Waals surface area contributed by atoms with Gasteiger partial charge in [0.25, 0.3) is 5.91 Å². The van der Waals surface area contributed by atoms with E-state index in [4.69, 9.17) is 4.42 Å². The van der Waals surface area contributed by atoms with Gasteiger partial charge in [0.05, 0.1) is 24.0 Å². The molecule has 0 spiro atoms. The Kier molecular flexibility index (Phi) is 8.14. The van der Waals surface area contributed by atoms with Gasteiger partial charge in [-0.05, 0) is 54.7 Å². The molecule has 0 fully saturated rings. The maximum Gasteiger partial charge on any atom is 0.255 e. The summed E-state index contributed by atoms with van der Waals surface area (Å²) in [7, 11) is 0. The highest BCUT2D eigenvalue weighted by molar-refractivity contribution is 5.95. The van der Waals surface area contributed by atoms with Crippen LogP contribution < -0.4 is 10.6 Å². The molecule has 3 rings (SSSR count). The van der Waals surface area contributed by atoms with E-state index in [0.717, 1.165) is 18.1 Å². The predicted molar refractivity (Wildman–Crippen MR) is 118 cm³/mol. The van der Waals surface area contributed by atoms with Crippen LogP contribution in [0.1, 0.15) is 39.7 Å². The van der Waals surface area contributed by atoms with Crippen molar-refractivity contribution >= 4 is 5.91 Å². The first-order valence-corrected chi connectivity index (χ1v) is 10.6. The predicted octanol–water partition coefficient (Wildman–Crippen LogP) is 3.92. The summed E-state index contributed by atoms with van der Waals surface area (Å²) in [5, 5.41) is 16.8. The summed E-state index contributed by atoms with van der Waals surface area (Å²) in [5.74, 6) is -1.40. The van der Waals surface area contributed by atoms with E-state index >= 15 is 0 Å². The molecule has 3 aromatic rings. The second kappa shape index (κ2) is 11.0. The first-order valence-electron chi connectivity index (χ1n) is 10.6. The molecule has 5 nitrogen and oxygen atoms in total. The summed E-state index contributed by atoms with van der Waals surface area (Å²) in [4.78, 5) is 12.7. The number of hydrogen-bond donors (Lipinski definition) is 3. The second-order valence-electron chi connectivity index (χ2n) is 7.82. The van der Waals surface area contributed by atoms with Crippen molar-refractivity contribution in [1.29, 1.82) is 0 Å². The van der Waals surface area contributed by atoms with Crippen LogP contribution in [0.2, 0.25) is 0 Å². The maximum absolute atomic E-state index is 13.7. The number of aliphatic hydroxyl groups is 1. The molecule has 32 heavy (non-hydrogen) atoms. The van der Waals surface area contributed by atoms with E-state index in [9.17, 15) is 18.7 Å². The highest BCUT2D eigenvalue weighted by atomic mass is 19.1. The summed E-state index contributed by atoms with van der Waals surface area (Å²) < 4.78 is 32.5. The molecule has 0 bridgehead atoms. The second-order valence-corrected chi connectivity index (χ2v) is 7.82. The monoisotopic (exact) mass is 442 g/mol. The van der Waals surface area contributed by atoms with E-state index in [-0.39, 0.29) is 13.0 Å². The number of halogens is 2. The third kappa shape index (κ3) is 6.48. The number of rotatable bonds is 10. The van der Waals surface area contributed by atoms with Gasteiger partial charge < -0.3 is 20.2 Å². The van der Waals surface area contributed by atoms with Crippen molar-refractivity contribution in [3.05, 3.63) is 94.4 Å². The summed E-state index contributed by atoms with van der Waals surface area (Å²) in [6.45, 7) is 4.47. The Labute approximate surface area is 186 Å². The molecular weight excluding hydrogens is 414 g/mol. The normalized spacial score (nSPS) is 13.0. The molecule has 3 N–H and O–H groups in total. The first kappa shape index (κ1) is 23.6. The Morgan fingerprint density at radius 3 is 2.44 bits per heavy atom. The lowest BCUT2D eigenvalue weighted by Gasteiger charge is -2.25. The quantitative estimate of drug-likeness (QED) is 0.445. The van der Waals surface area contributed by atoms with Crippen LogP contribution in [0.4, 0.5) is 8.78 Å². The third-order valence-corrected chi connectivity index (χ3v) is 5.34. The van der Waals surface area contributed by atoms with Gasteiger partial charge in [0.1, 0.15) is 17.4 Å². The minimum Gasteiger partial charge on any atom is -0.469 e. The third-order valence-electron chi connectivity index (χ3n) is 5.34. The van der Waals surface area contributed by atoms with E-state index < -0.39 is 29.7 Å². The molecule has 0 aliphatic rings. The molecule has 0 radical (unpaired) electrons. The number of amides is 1. The van der Waals surface area contributed by atoms with Crippen LogP contribution in [0.25, 0.3) is 0 Å². The molecule has 7 heteroatoms. The molecule has 2 atom stereocenters. The zero-order chi connectivity index (χ0) is 23.1. The fraction of sp³-hybridized carbons (Fsp3) is 0.320. The Balaban J connectivity index is 1.69. The van der Waals surface area contributed by atoms with Crippen LogP contribution >= 0.6 is 0 Å². The average molecular weight is 443 g/mol. The number of hydrogen-bond acceptors (Lipinski definition) is 4. The van der Waals surface area contributed by atoms with Crippen molar-refractivity contribution in [2.45, 2.75) is 45.4 Å². The highest BCUT2D eigenvalue weighted by Gasteiger charge is 2.24. The number of aryl methyl sites for hydroxylation is 2. The molecule has 0 unspecified atom stereocenters. The molecule has 1 heterocycles. The zero-order valence-electron chi connectivity index (χ0n) is 18.2. The van der Waals surface area contributed by atoms with Crippen LogP contribution in [0, 0.1) is 18.6 Å². The molecule has 1 aromatic heterocycles. The molecule has 0 saturated carbocycles. The van der Waals surface area contributed by atoms with Crippen LogP contribution in [-0.4, -0.2) is 29.7 Å². The van der Waals surface area contributed by atoms with Gasteiger partial charge in [0.2, 0.25) is 0 Å². The minimum absolute atomic E-state index is 0.0610. The number of benzene rings is 2. The number of nitrogens with one attached hydrogen (secondary N) is 2. The van der Waals surface area contributed by atoms with E-state index in [1.54, 1.807) is 6.92 Å². The van der Waals surface area contributed by atoms with Gasteiger partial charge in [0.15, 0.2) is 0 Å². The largest absolute Gasteiger partial charge is 0.469 e. The maximum atomic E-state index is 13.7. The van der Waals surface area contributed by atoms with Crippen molar-refractivity contribution in [3.8, 4) is 0 Å². The standard InChI is InChI=1S/C25H28F2N2O3/c1-3-17-5-4-6-18(9-17)14-28-15-24(30)23(12-19-10-20(26)13-21(27)11-19)29-25(31)22-7-8-32-16(22)2/h4-11,13,23-24,28,30H,3,12,14-15H2,1-2H3,(H,29,31)/t23-,24+/m0/s1. The Morgan fingerprint density at radius 2 is 1.78 bits per heavy atom. The van der Waals surface area contributed by atoms with E-state index in [2.05, 4.69) is 29.7 Å². The highest BCUT2D eigenvalue weighted by Crippen LogP contribution is 2.14. The Bertz CT molecular complexity index is 1030. The van der Waals surface area contributed by atoms with Gasteiger partial charge in [-0.1, -0.05) is 31.2 Å². The lowest BCUT2D eigenvalue weighted by molar-refractivity contribution is 0.0828. The summed E-state index contributed by atoms with van der Waals surface area (Å²) in [6.07, 6.45) is 1.41. The van der Waals surface area contributed by atoms with Crippen molar-refractivity contribution in [3.63, 3.8) is 0 Å². The average Bonchev–Trinajstić information content (AvgIpc) is 3.18. The van der Waals surface area contributed by atoms with Gasteiger partial charge in [-0.3, -0.25) is 4.79 Å². The minimum atomic E-state index is -0.994. The Hall–Kier alpha value is -3.03. The van der Waals surface area contributed by atoms with Crippen molar-refractivity contribution in [2.75, 3.05) is 6.54 Å². The molecular formula is C25H28F2N2O3. The van der Waals surface area contributed by atoms with Gasteiger partial charge in [0, 0.05) is 19.2 Å². The van der Waals surface area contributed by atoms with Gasteiger partial charge in [-0.2, -0.15) is 0 Å². The van der Waals surface area contributed by atoms with Crippen molar-refractivity contribution < 1.29 is 23.1 Å². The molecule has 2 aromatic carbocycles. The Morgan fingerprint density at radius 1 is 1.06 bits per heavy atom. The van der Waals surface area contributed by atoms with Crippen LogP contribution in [-0.2, 0) is 19.4 Å². The summed E-state index contributed by atoms with van der Waals surface area (Å²) in [6, 6.07) is 12.1. The number of furan rings is 1. The molecule has 1 amide bonds. The van der Waals surface area contributed by atoms with Crippen LogP contribution in [0.5, 0.6) is 0 Å². The van der Waals surface area contributed by atoms with E-state index in [1.807, 2.05) is 12.1 Å². The number of carbonyl (C=O) groups is 1. The number of carbonyl (C=O) groups excluding carboxylic acids is 1. The van der Waals surface area contributed by atoms with Crippen LogP contribution in [0.3, 0.4) is 0 Å². The van der Waals surface area contributed by atoms with E-state index in [1.165, 1.54) is 30.0 Å². The molecule has 0 saturated heterocycles. The zero-order valence-corrected chi connectivity index (χ0v) is 18.2. The van der Waals surface area contributed by atoms with Crippen molar-refractivity contribution in [2.24, 2.45) is 0 Å². The summed E-state index contributed by atoms with van der Waals surface area (Å²) >= 11 is 0. The lowest BCUT2D eigenvalue weighted by atomic mass is 10.00. The van der Waals surface area contributed by atoms with Crippen molar-refractivity contribution in [1.82, 2.24) is 10.6 Å². The molecule has 0 aliphatic carbocycles. The molecule has 0 aliphatic heterocycles. The molecule has 170 valence electrons. The van der Waals surface area contributed by atoms with Crippen LogP contribution in [0.15, 0.2) is 59.2 Å². The fourth-order valence-electron chi connectivity index (χ4n) is 3.60. The smallest absolute Gasteiger partial charge is 0.255 e. The first-order chi connectivity index (χ1) is 15.4.